The van der Waals surface area contributed by atoms with Gasteiger partial charge in [-0.25, -0.2) is 13.1 Å². The first kappa shape index (κ1) is 15.1. The first-order chi connectivity index (χ1) is 8.51. The van der Waals surface area contributed by atoms with E-state index in [1.54, 1.807) is 30.8 Å². The molecule has 0 aliphatic rings. The molecule has 0 saturated carbocycles. The Hall–Kier alpha value is -0.920. The molecule has 1 rings (SSSR count). The number of hydrogen-bond donors (Lipinski definition) is 3. The topological polar surface area (TPSA) is 84.2 Å². The molecule has 18 heavy (non-hydrogen) atoms. The van der Waals surface area contributed by atoms with Crippen molar-refractivity contribution in [2.75, 3.05) is 36.1 Å². The second-order valence-corrected chi connectivity index (χ2v) is 6.42. The third-order valence-corrected chi connectivity index (χ3v) is 4.45. The Morgan fingerprint density at radius 2 is 2.11 bits per heavy atom. The standard InChI is InChI=1S/C11H19N3O2S2/c1-3-14-18(15,16)9-4-5-10(12)11(8-9)13-6-7-17-2/h4-5,8,13-14H,3,6-7,12H2,1-2H3. The number of anilines is 2. The zero-order valence-corrected chi connectivity index (χ0v) is 12.2. The monoisotopic (exact) mass is 289 g/mol. The molecule has 1 aromatic carbocycles. The van der Waals surface area contributed by atoms with E-state index in [9.17, 15) is 8.42 Å². The lowest BCUT2D eigenvalue weighted by Gasteiger charge is -2.11. The van der Waals surface area contributed by atoms with Crippen molar-refractivity contribution in [2.24, 2.45) is 0 Å². The fraction of sp³-hybridized carbons (Fsp3) is 0.455. The molecule has 1 aromatic rings. The van der Waals surface area contributed by atoms with E-state index in [1.807, 2.05) is 6.26 Å². The van der Waals surface area contributed by atoms with Crippen molar-refractivity contribution < 1.29 is 8.42 Å². The van der Waals surface area contributed by atoms with Crippen LogP contribution in [0.3, 0.4) is 0 Å². The second-order valence-electron chi connectivity index (χ2n) is 3.67. The number of benzene rings is 1. The molecular formula is C11H19N3O2S2. The SMILES string of the molecule is CCNS(=O)(=O)c1ccc(N)c(NCCSC)c1. The van der Waals surface area contributed by atoms with Gasteiger partial charge >= 0.3 is 0 Å². The van der Waals surface area contributed by atoms with E-state index in [2.05, 4.69) is 10.0 Å². The minimum atomic E-state index is -3.43. The largest absolute Gasteiger partial charge is 0.397 e. The van der Waals surface area contributed by atoms with Crippen molar-refractivity contribution in [3.63, 3.8) is 0 Å². The fourth-order valence-corrected chi connectivity index (χ4v) is 2.79. The van der Waals surface area contributed by atoms with Gasteiger partial charge in [-0.1, -0.05) is 6.92 Å². The fourth-order valence-electron chi connectivity index (χ4n) is 1.42. The first-order valence-corrected chi connectivity index (χ1v) is 8.51. The summed E-state index contributed by atoms with van der Waals surface area (Å²) in [7, 11) is -3.43. The van der Waals surface area contributed by atoms with Crippen LogP contribution in [0.2, 0.25) is 0 Å². The maximum absolute atomic E-state index is 11.8. The molecule has 0 radical (unpaired) electrons. The highest BCUT2D eigenvalue weighted by Gasteiger charge is 2.14. The maximum atomic E-state index is 11.8. The third kappa shape index (κ3) is 4.08. The molecule has 7 heteroatoms. The average Bonchev–Trinajstić information content (AvgIpc) is 2.31. The van der Waals surface area contributed by atoms with E-state index in [-0.39, 0.29) is 4.90 Å². The van der Waals surface area contributed by atoms with Crippen LogP contribution in [0, 0.1) is 0 Å². The van der Waals surface area contributed by atoms with Crippen LogP contribution in [0.25, 0.3) is 0 Å². The Bertz CT molecular complexity index is 489. The van der Waals surface area contributed by atoms with Gasteiger partial charge in [-0.05, 0) is 24.5 Å². The Morgan fingerprint density at radius 3 is 2.72 bits per heavy atom. The van der Waals surface area contributed by atoms with Gasteiger partial charge < -0.3 is 11.1 Å². The predicted octanol–water partition coefficient (Wildman–Crippen LogP) is 1.34. The molecule has 102 valence electrons. The van der Waals surface area contributed by atoms with E-state index in [4.69, 9.17) is 5.73 Å². The van der Waals surface area contributed by atoms with Crippen LogP contribution in [-0.4, -0.2) is 33.5 Å². The summed E-state index contributed by atoms with van der Waals surface area (Å²) in [5.74, 6) is 0.934. The molecule has 0 fully saturated rings. The number of hydrogen-bond acceptors (Lipinski definition) is 5. The maximum Gasteiger partial charge on any atom is 0.240 e. The molecule has 0 heterocycles. The van der Waals surface area contributed by atoms with Gasteiger partial charge in [-0.3, -0.25) is 0 Å². The van der Waals surface area contributed by atoms with Crippen molar-refractivity contribution in [2.45, 2.75) is 11.8 Å². The van der Waals surface area contributed by atoms with Crippen molar-refractivity contribution in [3.8, 4) is 0 Å². The molecular weight excluding hydrogens is 270 g/mol. The van der Waals surface area contributed by atoms with Crippen LogP contribution in [0.1, 0.15) is 6.92 Å². The van der Waals surface area contributed by atoms with Crippen LogP contribution in [-0.2, 0) is 10.0 Å². The summed E-state index contributed by atoms with van der Waals surface area (Å²) < 4.78 is 26.1. The molecule has 0 amide bonds. The lowest BCUT2D eigenvalue weighted by molar-refractivity contribution is 0.584. The molecule has 0 aromatic heterocycles. The minimum Gasteiger partial charge on any atom is -0.397 e. The molecule has 0 aliphatic carbocycles. The molecule has 5 nitrogen and oxygen atoms in total. The Balaban J connectivity index is 2.93. The Kier molecular flexibility index (Phi) is 5.77. The number of rotatable bonds is 7. The average molecular weight is 289 g/mol. The molecule has 0 spiro atoms. The summed E-state index contributed by atoms with van der Waals surface area (Å²) in [5, 5.41) is 3.13. The van der Waals surface area contributed by atoms with Crippen LogP contribution >= 0.6 is 11.8 Å². The van der Waals surface area contributed by atoms with Gasteiger partial charge in [0.15, 0.2) is 0 Å². The number of sulfonamides is 1. The molecule has 0 bridgehead atoms. The highest BCUT2D eigenvalue weighted by atomic mass is 32.2. The van der Waals surface area contributed by atoms with Gasteiger partial charge in [-0.2, -0.15) is 11.8 Å². The summed E-state index contributed by atoms with van der Waals surface area (Å²) in [6.45, 7) is 2.85. The van der Waals surface area contributed by atoms with Crippen molar-refractivity contribution in [1.29, 1.82) is 0 Å². The van der Waals surface area contributed by atoms with Gasteiger partial charge in [0.05, 0.1) is 16.3 Å². The van der Waals surface area contributed by atoms with Crippen molar-refractivity contribution in [1.82, 2.24) is 4.72 Å². The lowest BCUT2D eigenvalue weighted by Crippen LogP contribution is -2.23. The molecule has 0 atom stereocenters. The summed E-state index contributed by atoms with van der Waals surface area (Å²) in [4.78, 5) is 0.227. The highest BCUT2D eigenvalue weighted by Crippen LogP contribution is 2.22. The number of nitrogens with one attached hydrogen (secondary N) is 2. The second kappa shape index (κ2) is 6.86. The van der Waals surface area contributed by atoms with Gasteiger partial charge in [0, 0.05) is 18.8 Å². The molecule has 0 unspecified atom stereocenters. The van der Waals surface area contributed by atoms with E-state index < -0.39 is 10.0 Å². The number of thioether (sulfide) groups is 1. The van der Waals surface area contributed by atoms with Gasteiger partial charge in [0.25, 0.3) is 0 Å². The van der Waals surface area contributed by atoms with Crippen LogP contribution in [0.5, 0.6) is 0 Å². The van der Waals surface area contributed by atoms with Crippen LogP contribution in [0.4, 0.5) is 11.4 Å². The smallest absolute Gasteiger partial charge is 0.240 e. The zero-order chi connectivity index (χ0) is 13.6. The van der Waals surface area contributed by atoms with Crippen molar-refractivity contribution >= 4 is 33.2 Å². The number of nitrogen functional groups attached to an aromatic ring is 1. The molecule has 0 saturated heterocycles. The Labute approximate surface area is 113 Å². The van der Waals surface area contributed by atoms with Gasteiger partial charge in [0.1, 0.15) is 0 Å². The normalized spacial score (nSPS) is 11.4. The Morgan fingerprint density at radius 1 is 1.39 bits per heavy atom. The summed E-state index contributed by atoms with van der Waals surface area (Å²) in [6.07, 6.45) is 2.01. The quantitative estimate of drug-likeness (QED) is 0.521. The zero-order valence-electron chi connectivity index (χ0n) is 10.6. The first-order valence-electron chi connectivity index (χ1n) is 5.63. The van der Waals surface area contributed by atoms with Gasteiger partial charge in [0.2, 0.25) is 10.0 Å². The van der Waals surface area contributed by atoms with Crippen LogP contribution in [0.15, 0.2) is 23.1 Å². The van der Waals surface area contributed by atoms with E-state index in [0.717, 1.165) is 12.3 Å². The lowest BCUT2D eigenvalue weighted by atomic mass is 10.2. The van der Waals surface area contributed by atoms with E-state index in [0.29, 0.717) is 17.9 Å². The molecule has 0 aliphatic heterocycles. The van der Waals surface area contributed by atoms with Crippen molar-refractivity contribution in [3.05, 3.63) is 18.2 Å². The minimum absolute atomic E-state index is 0.227. The highest BCUT2D eigenvalue weighted by molar-refractivity contribution is 7.98. The summed E-state index contributed by atoms with van der Waals surface area (Å²) >= 11 is 1.71. The molecule has 4 N–H and O–H groups in total. The van der Waals surface area contributed by atoms with E-state index >= 15 is 0 Å². The number of nitrogens with two attached hydrogens (primary N) is 1. The van der Waals surface area contributed by atoms with E-state index in [1.165, 1.54) is 6.07 Å². The summed E-state index contributed by atoms with van der Waals surface area (Å²) in [5.41, 5.74) is 7.01. The van der Waals surface area contributed by atoms with Crippen LogP contribution < -0.4 is 15.8 Å². The predicted molar refractivity (Wildman–Crippen MR) is 78.6 cm³/mol. The third-order valence-electron chi connectivity index (χ3n) is 2.29. The summed E-state index contributed by atoms with van der Waals surface area (Å²) in [6, 6.07) is 4.67. The van der Waals surface area contributed by atoms with Gasteiger partial charge in [-0.15, -0.1) is 0 Å².